The van der Waals surface area contributed by atoms with Gasteiger partial charge >= 0.3 is 0 Å². The fraction of sp³-hybridized carbons (Fsp3) is 0.200. The Morgan fingerprint density at radius 3 is 2.52 bits per heavy atom. The van der Waals surface area contributed by atoms with Crippen LogP contribution in [0.1, 0.15) is 38.4 Å². The van der Waals surface area contributed by atoms with Crippen molar-refractivity contribution in [3.05, 3.63) is 98.6 Å². The summed E-state index contributed by atoms with van der Waals surface area (Å²) >= 11 is 0. The Hall–Kier alpha value is -4.20. The Labute approximate surface area is 190 Å². The summed E-state index contributed by atoms with van der Waals surface area (Å²) in [6, 6.07) is 16.2. The molecule has 3 N–H and O–H groups in total. The van der Waals surface area contributed by atoms with Crippen LogP contribution >= 0.6 is 0 Å². The second-order valence-electron chi connectivity index (χ2n) is 8.01. The molecule has 2 amide bonds. The van der Waals surface area contributed by atoms with Crippen LogP contribution in [0, 0.1) is 20.8 Å². The summed E-state index contributed by atoms with van der Waals surface area (Å²) in [6.45, 7) is 6.03. The maximum Gasteiger partial charge on any atom is 0.266 e. The van der Waals surface area contributed by atoms with Crippen LogP contribution in [0.15, 0.2) is 59.4 Å². The molecule has 4 aromatic rings. The van der Waals surface area contributed by atoms with Crippen LogP contribution in [0.5, 0.6) is 0 Å². The number of aromatic amines is 1. The molecular weight excluding hydrogens is 418 g/mol. The second-order valence-corrected chi connectivity index (χ2v) is 8.01. The van der Waals surface area contributed by atoms with E-state index in [2.05, 4.69) is 20.7 Å². The van der Waals surface area contributed by atoms with E-state index < -0.39 is 0 Å². The number of amides is 2. The van der Waals surface area contributed by atoms with Crippen LogP contribution in [0.3, 0.4) is 0 Å². The van der Waals surface area contributed by atoms with E-state index in [4.69, 9.17) is 0 Å². The van der Waals surface area contributed by atoms with E-state index >= 15 is 0 Å². The molecular formula is C25H25N5O3. The van der Waals surface area contributed by atoms with Gasteiger partial charge in [-0.05, 0) is 38.5 Å². The highest BCUT2D eigenvalue weighted by Crippen LogP contribution is 2.18. The predicted molar refractivity (Wildman–Crippen MR) is 126 cm³/mol. The van der Waals surface area contributed by atoms with Crippen molar-refractivity contribution in [1.29, 1.82) is 0 Å². The van der Waals surface area contributed by atoms with Gasteiger partial charge in [0.15, 0.2) is 5.65 Å². The standard InChI is InChI=1S/C25H25N5O3/c1-15-8-10-18(11-9-15)14-26-25(33)19-6-4-5-7-21(19)28-23(31)12-20-16(2)27-22-13-24(32)29-30(22)17(20)3/h4-11,13H,12,14H2,1-3H3,(H,26,33)(H,28,31)(H,29,32). The summed E-state index contributed by atoms with van der Waals surface area (Å²) < 4.78 is 1.57. The van der Waals surface area contributed by atoms with E-state index in [-0.39, 0.29) is 23.8 Å². The topological polar surface area (TPSA) is 108 Å². The second kappa shape index (κ2) is 9.12. The van der Waals surface area contributed by atoms with Gasteiger partial charge < -0.3 is 10.6 Å². The van der Waals surface area contributed by atoms with E-state index in [1.807, 2.05) is 38.1 Å². The molecule has 0 spiro atoms. The Kier molecular flexibility index (Phi) is 6.08. The summed E-state index contributed by atoms with van der Waals surface area (Å²) in [5.41, 5.74) is 5.34. The van der Waals surface area contributed by atoms with E-state index in [0.29, 0.717) is 34.7 Å². The van der Waals surface area contributed by atoms with Crippen LogP contribution in [0.4, 0.5) is 5.69 Å². The minimum Gasteiger partial charge on any atom is -0.348 e. The van der Waals surface area contributed by atoms with Crippen molar-refractivity contribution in [3.8, 4) is 0 Å². The molecule has 4 rings (SSSR count). The molecule has 2 aromatic carbocycles. The number of para-hydroxylation sites is 1. The highest BCUT2D eigenvalue weighted by atomic mass is 16.2. The van der Waals surface area contributed by atoms with Gasteiger partial charge in [-0.3, -0.25) is 19.5 Å². The van der Waals surface area contributed by atoms with Gasteiger partial charge in [-0.25, -0.2) is 9.50 Å². The zero-order chi connectivity index (χ0) is 23.5. The third-order valence-electron chi connectivity index (χ3n) is 5.56. The first kappa shape index (κ1) is 22.0. The van der Waals surface area contributed by atoms with Crippen LogP contribution in [0.2, 0.25) is 0 Å². The van der Waals surface area contributed by atoms with Crippen molar-refractivity contribution in [2.45, 2.75) is 33.7 Å². The number of benzene rings is 2. The number of nitrogens with one attached hydrogen (secondary N) is 3. The average molecular weight is 444 g/mol. The number of rotatable bonds is 6. The Morgan fingerprint density at radius 1 is 1.03 bits per heavy atom. The van der Waals surface area contributed by atoms with Crippen molar-refractivity contribution >= 4 is 23.1 Å². The first-order valence-electron chi connectivity index (χ1n) is 10.6. The number of hydrogen-bond acceptors (Lipinski definition) is 4. The number of fused-ring (bicyclic) bond motifs is 1. The van der Waals surface area contributed by atoms with E-state index in [1.54, 1.807) is 35.7 Å². The zero-order valence-corrected chi connectivity index (χ0v) is 18.7. The maximum atomic E-state index is 12.9. The molecule has 0 fully saturated rings. The van der Waals surface area contributed by atoms with Crippen molar-refractivity contribution < 1.29 is 9.59 Å². The fourth-order valence-electron chi connectivity index (χ4n) is 3.74. The molecule has 168 valence electrons. The number of aromatic nitrogens is 3. The molecule has 0 aliphatic carbocycles. The molecule has 0 atom stereocenters. The number of anilines is 1. The van der Waals surface area contributed by atoms with E-state index in [9.17, 15) is 14.4 Å². The SMILES string of the molecule is Cc1ccc(CNC(=O)c2ccccc2NC(=O)Cc2c(C)nc3cc(=O)[nH]n3c2C)cc1. The molecule has 2 aromatic heterocycles. The third kappa shape index (κ3) is 4.85. The van der Waals surface area contributed by atoms with Gasteiger partial charge in [0, 0.05) is 29.6 Å². The molecule has 0 saturated heterocycles. The predicted octanol–water partition coefficient (Wildman–Crippen LogP) is 3.06. The number of H-pyrrole nitrogens is 1. The summed E-state index contributed by atoms with van der Waals surface area (Å²) in [5, 5.41) is 8.43. The molecule has 8 heteroatoms. The average Bonchev–Trinajstić information content (AvgIpc) is 3.16. The fourth-order valence-corrected chi connectivity index (χ4v) is 3.74. The minimum absolute atomic E-state index is 0.0557. The van der Waals surface area contributed by atoms with Crippen LogP contribution in [0.25, 0.3) is 5.65 Å². The van der Waals surface area contributed by atoms with Gasteiger partial charge in [-0.1, -0.05) is 42.0 Å². The van der Waals surface area contributed by atoms with E-state index in [1.165, 1.54) is 6.07 Å². The molecule has 0 bridgehead atoms. The monoisotopic (exact) mass is 443 g/mol. The molecule has 0 aliphatic heterocycles. The van der Waals surface area contributed by atoms with Crippen molar-refractivity contribution in [3.63, 3.8) is 0 Å². The van der Waals surface area contributed by atoms with Crippen molar-refractivity contribution in [2.24, 2.45) is 0 Å². The lowest BCUT2D eigenvalue weighted by atomic mass is 10.1. The lowest BCUT2D eigenvalue weighted by Gasteiger charge is -2.14. The highest BCUT2D eigenvalue weighted by molar-refractivity contribution is 6.04. The van der Waals surface area contributed by atoms with E-state index in [0.717, 1.165) is 16.8 Å². The number of carbonyl (C=O) groups excluding carboxylic acids is 2. The minimum atomic E-state index is -0.282. The van der Waals surface area contributed by atoms with Gasteiger partial charge in [0.25, 0.3) is 11.5 Å². The maximum absolute atomic E-state index is 12.9. The Morgan fingerprint density at radius 2 is 1.76 bits per heavy atom. The molecule has 0 radical (unpaired) electrons. The molecule has 0 unspecified atom stereocenters. The van der Waals surface area contributed by atoms with Crippen molar-refractivity contribution in [2.75, 3.05) is 5.32 Å². The largest absolute Gasteiger partial charge is 0.348 e. The number of carbonyl (C=O) groups is 2. The third-order valence-corrected chi connectivity index (χ3v) is 5.56. The van der Waals surface area contributed by atoms with Crippen LogP contribution in [-0.4, -0.2) is 26.4 Å². The van der Waals surface area contributed by atoms with Gasteiger partial charge in [0.05, 0.1) is 17.7 Å². The Bertz CT molecular complexity index is 1400. The summed E-state index contributed by atoms with van der Waals surface area (Å²) in [5.74, 6) is -0.553. The van der Waals surface area contributed by atoms with Gasteiger partial charge in [-0.15, -0.1) is 0 Å². The van der Waals surface area contributed by atoms with Crippen LogP contribution in [-0.2, 0) is 17.8 Å². The number of nitrogens with zero attached hydrogens (tertiary/aromatic N) is 2. The molecule has 33 heavy (non-hydrogen) atoms. The number of hydrogen-bond donors (Lipinski definition) is 3. The first-order chi connectivity index (χ1) is 15.8. The van der Waals surface area contributed by atoms with Crippen molar-refractivity contribution in [1.82, 2.24) is 19.9 Å². The molecule has 0 saturated carbocycles. The lowest BCUT2D eigenvalue weighted by Crippen LogP contribution is -2.25. The lowest BCUT2D eigenvalue weighted by molar-refractivity contribution is -0.115. The van der Waals surface area contributed by atoms with Crippen LogP contribution < -0.4 is 16.2 Å². The molecule has 8 nitrogen and oxygen atoms in total. The zero-order valence-electron chi connectivity index (χ0n) is 18.7. The quantitative estimate of drug-likeness (QED) is 0.426. The summed E-state index contributed by atoms with van der Waals surface area (Å²) in [6.07, 6.45) is 0.0557. The highest BCUT2D eigenvalue weighted by Gasteiger charge is 2.17. The molecule has 2 heterocycles. The van der Waals surface area contributed by atoms with Gasteiger partial charge in [-0.2, -0.15) is 0 Å². The summed E-state index contributed by atoms with van der Waals surface area (Å²) in [4.78, 5) is 41.7. The smallest absolute Gasteiger partial charge is 0.266 e. The first-order valence-corrected chi connectivity index (χ1v) is 10.6. The Balaban J connectivity index is 1.49. The van der Waals surface area contributed by atoms with Gasteiger partial charge in [0.2, 0.25) is 5.91 Å². The van der Waals surface area contributed by atoms with Gasteiger partial charge in [0.1, 0.15) is 0 Å². The molecule has 0 aliphatic rings. The summed E-state index contributed by atoms with van der Waals surface area (Å²) in [7, 11) is 0. The number of aryl methyl sites for hydroxylation is 3. The normalized spacial score (nSPS) is 10.9.